The topological polar surface area (TPSA) is 66.4 Å². The second kappa shape index (κ2) is 5.43. The lowest BCUT2D eigenvalue weighted by molar-refractivity contribution is -0.151. The number of hydrogen-bond acceptors (Lipinski definition) is 2. The number of benzene rings is 1. The van der Waals surface area contributed by atoms with E-state index in [1.165, 1.54) is 6.07 Å². The van der Waals surface area contributed by atoms with Crippen molar-refractivity contribution in [2.24, 2.45) is 5.41 Å². The van der Waals surface area contributed by atoms with Gasteiger partial charge in [-0.1, -0.05) is 15.9 Å². The lowest BCUT2D eigenvalue weighted by Crippen LogP contribution is -2.37. The minimum atomic E-state index is -4.56. The highest BCUT2D eigenvalue weighted by molar-refractivity contribution is 9.10. The fraction of sp³-hybridized carbons (Fsp3) is 0.333. The molecular weight excluding hydrogens is 343 g/mol. The van der Waals surface area contributed by atoms with Gasteiger partial charge in [-0.15, -0.1) is 0 Å². The summed E-state index contributed by atoms with van der Waals surface area (Å²) in [4.78, 5) is 22.7. The number of halogens is 4. The van der Waals surface area contributed by atoms with E-state index in [2.05, 4.69) is 21.2 Å². The minimum absolute atomic E-state index is 0.121. The van der Waals surface area contributed by atoms with Crippen LogP contribution in [0.2, 0.25) is 0 Å². The monoisotopic (exact) mass is 353 g/mol. The fourth-order valence-electron chi connectivity index (χ4n) is 1.21. The van der Waals surface area contributed by atoms with Crippen LogP contribution in [-0.2, 0) is 15.8 Å². The van der Waals surface area contributed by atoms with E-state index in [1.54, 1.807) is 0 Å². The number of rotatable bonds is 3. The Kier molecular flexibility index (Phi) is 4.48. The van der Waals surface area contributed by atoms with E-state index in [1.807, 2.05) is 0 Å². The molecule has 1 amide bonds. The number of hydrogen-bond donors (Lipinski definition) is 2. The first-order valence-corrected chi connectivity index (χ1v) is 6.16. The van der Waals surface area contributed by atoms with Gasteiger partial charge in [-0.2, -0.15) is 13.2 Å². The maximum Gasteiger partial charge on any atom is 0.416 e. The number of amides is 1. The maximum absolute atomic E-state index is 12.6. The molecule has 0 aliphatic carbocycles. The Morgan fingerprint density at radius 2 is 1.75 bits per heavy atom. The Morgan fingerprint density at radius 3 is 2.20 bits per heavy atom. The Morgan fingerprint density at radius 1 is 1.20 bits per heavy atom. The third-order valence-corrected chi connectivity index (χ3v) is 3.04. The number of nitrogens with one attached hydrogen (secondary N) is 1. The molecule has 1 aromatic carbocycles. The molecule has 0 atom stereocenters. The zero-order valence-electron chi connectivity index (χ0n) is 10.5. The summed E-state index contributed by atoms with van der Waals surface area (Å²) in [5, 5.41) is 11.0. The van der Waals surface area contributed by atoms with Crippen LogP contribution >= 0.6 is 15.9 Å². The molecular formula is C12H11BrF3NO3. The van der Waals surface area contributed by atoms with Crippen molar-refractivity contribution in [1.29, 1.82) is 0 Å². The Bertz CT molecular complexity index is 555. The van der Waals surface area contributed by atoms with Crippen molar-refractivity contribution in [3.05, 3.63) is 28.2 Å². The van der Waals surface area contributed by atoms with Crippen LogP contribution in [0.4, 0.5) is 18.9 Å². The van der Waals surface area contributed by atoms with Crippen LogP contribution in [0.5, 0.6) is 0 Å². The smallest absolute Gasteiger partial charge is 0.416 e. The van der Waals surface area contributed by atoms with Gasteiger partial charge in [0.1, 0.15) is 5.41 Å². The second-order valence-electron chi connectivity index (χ2n) is 4.61. The number of alkyl halides is 3. The number of anilines is 1. The van der Waals surface area contributed by atoms with Crippen LogP contribution in [0.15, 0.2) is 22.7 Å². The van der Waals surface area contributed by atoms with Gasteiger partial charge in [0.25, 0.3) is 0 Å². The molecule has 20 heavy (non-hydrogen) atoms. The quantitative estimate of drug-likeness (QED) is 0.817. The van der Waals surface area contributed by atoms with Crippen LogP contribution in [0.1, 0.15) is 19.4 Å². The van der Waals surface area contributed by atoms with Gasteiger partial charge < -0.3 is 10.4 Å². The summed E-state index contributed by atoms with van der Waals surface area (Å²) in [6.07, 6.45) is -4.56. The highest BCUT2D eigenvalue weighted by Gasteiger charge is 2.36. The zero-order chi connectivity index (χ0) is 15.7. The van der Waals surface area contributed by atoms with Gasteiger partial charge in [0, 0.05) is 10.2 Å². The largest absolute Gasteiger partial charge is 0.480 e. The van der Waals surface area contributed by atoms with Gasteiger partial charge in [0.2, 0.25) is 5.91 Å². The summed E-state index contributed by atoms with van der Waals surface area (Å²) in [6, 6.07) is 2.85. The Hall–Kier alpha value is -1.57. The van der Waals surface area contributed by atoms with Crippen molar-refractivity contribution in [2.75, 3.05) is 5.32 Å². The Labute approximate surface area is 121 Å². The SMILES string of the molecule is CC(C)(C(=O)O)C(=O)Nc1cc(Br)cc(C(F)(F)F)c1. The number of aliphatic carboxylic acids is 1. The van der Waals surface area contributed by atoms with E-state index in [0.29, 0.717) is 0 Å². The van der Waals surface area contributed by atoms with E-state index in [0.717, 1.165) is 26.0 Å². The first-order chi connectivity index (χ1) is 8.94. The fourth-order valence-corrected chi connectivity index (χ4v) is 1.70. The van der Waals surface area contributed by atoms with Gasteiger partial charge in [-0.25, -0.2) is 0 Å². The van der Waals surface area contributed by atoms with Gasteiger partial charge in [0.15, 0.2) is 0 Å². The first-order valence-electron chi connectivity index (χ1n) is 5.37. The lowest BCUT2D eigenvalue weighted by atomic mass is 9.92. The molecule has 0 aromatic heterocycles. The molecule has 0 fully saturated rings. The van der Waals surface area contributed by atoms with Crippen molar-refractivity contribution in [2.45, 2.75) is 20.0 Å². The van der Waals surface area contributed by atoms with E-state index in [-0.39, 0.29) is 10.2 Å². The molecule has 0 bridgehead atoms. The molecule has 2 N–H and O–H groups in total. The molecule has 0 unspecified atom stereocenters. The van der Waals surface area contributed by atoms with Gasteiger partial charge in [-0.3, -0.25) is 9.59 Å². The molecule has 0 saturated carbocycles. The van der Waals surface area contributed by atoms with Crippen molar-refractivity contribution in [3.8, 4) is 0 Å². The normalized spacial score (nSPS) is 12.1. The van der Waals surface area contributed by atoms with Crippen LogP contribution in [0.25, 0.3) is 0 Å². The highest BCUT2D eigenvalue weighted by Crippen LogP contribution is 2.33. The van der Waals surface area contributed by atoms with Crippen molar-refractivity contribution in [3.63, 3.8) is 0 Å². The zero-order valence-corrected chi connectivity index (χ0v) is 12.1. The Balaban J connectivity index is 3.08. The summed E-state index contributed by atoms with van der Waals surface area (Å²) in [7, 11) is 0. The average Bonchev–Trinajstić information content (AvgIpc) is 2.26. The molecule has 0 aliphatic rings. The van der Waals surface area contributed by atoms with Crippen LogP contribution in [-0.4, -0.2) is 17.0 Å². The third kappa shape index (κ3) is 3.72. The number of carbonyl (C=O) groups excluding carboxylic acids is 1. The summed E-state index contributed by atoms with van der Waals surface area (Å²) < 4.78 is 38.0. The summed E-state index contributed by atoms with van der Waals surface area (Å²) >= 11 is 2.91. The van der Waals surface area contributed by atoms with Crippen LogP contribution in [0, 0.1) is 5.41 Å². The summed E-state index contributed by atoms with van der Waals surface area (Å²) in [5.74, 6) is -2.28. The van der Waals surface area contributed by atoms with E-state index >= 15 is 0 Å². The number of carboxylic acids is 1. The molecule has 8 heteroatoms. The molecule has 0 radical (unpaired) electrons. The lowest BCUT2D eigenvalue weighted by Gasteiger charge is -2.19. The summed E-state index contributed by atoms with van der Waals surface area (Å²) in [6.45, 7) is 2.32. The number of carboxylic acid groups (broad SMARTS) is 1. The van der Waals surface area contributed by atoms with Gasteiger partial charge in [-0.05, 0) is 32.0 Å². The number of carbonyl (C=O) groups is 2. The van der Waals surface area contributed by atoms with Gasteiger partial charge in [0.05, 0.1) is 5.56 Å². The third-order valence-electron chi connectivity index (χ3n) is 2.59. The molecule has 4 nitrogen and oxygen atoms in total. The van der Waals surface area contributed by atoms with Crippen LogP contribution < -0.4 is 5.32 Å². The predicted octanol–water partition coefficient (Wildman–Crippen LogP) is 3.52. The van der Waals surface area contributed by atoms with E-state index in [9.17, 15) is 22.8 Å². The molecule has 1 rings (SSSR count). The average molecular weight is 354 g/mol. The summed E-state index contributed by atoms with van der Waals surface area (Å²) in [5.41, 5.74) is -2.83. The minimum Gasteiger partial charge on any atom is -0.480 e. The van der Waals surface area contributed by atoms with Crippen LogP contribution in [0.3, 0.4) is 0 Å². The van der Waals surface area contributed by atoms with Crippen molar-refractivity contribution < 1.29 is 27.9 Å². The molecule has 0 aliphatic heterocycles. The molecule has 0 spiro atoms. The second-order valence-corrected chi connectivity index (χ2v) is 5.53. The molecule has 1 aromatic rings. The predicted molar refractivity (Wildman–Crippen MR) is 69.2 cm³/mol. The molecule has 0 saturated heterocycles. The van der Waals surface area contributed by atoms with E-state index in [4.69, 9.17) is 5.11 Å². The van der Waals surface area contributed by atoms with Gasteiger partial charge >= 0.3 is 12.1 Å². The van der Waals surface area contributed by atoms with Crippen molar-refractivity contribution in [1.82, 2.24) is 0 Å². The van der Waals surface area contributed by atoms with E-state index < -0.39 is 29.0 Å². The standard InChI is InChI=1S/C12H11BrF3NO3/c1-11(2,10(19)20)9(18)17-8-4-6(12(14,15)16)3-7(13)5-8/h3-5H,1-2H3,(H,17,18)(H,19,20). The molecule has 110 valence electrons. The highest BCUT2D eigenvalue weighted by atomic mass is 79.9. The maximum atomic E-state index is 12.6. The molecule has 0 heterocycles. The van der Waals surface area contributed by atoms with Crippen molar-refractivity contribution >= 4 is 33.5 Å². The first kappa shape index (κ1) is 16.5.